The third-order valence-electron chi connectivity index (χ3n) is 2.61. The fraction of sp³-hybridized carbons (Fsp3) is 0.778. The summed E-state index contributed by atoms with van der Waals surface area (Å²) in [5.41, 5.74) is 5.61. The van der Waals surface area contributed by atoms with E-state index in [0.717, 1.165) is 30.6 Å². The molecule has 0 saturated carbocycles. The third kappa shape index (κ3) is 2.66. The average molecular weight is 243 g/mol. The fourth-order valence-electron chi connectivity index (χ4n) is 1.59. The Morgan fingerprint density at radius 1 is 1.50 bits per heavy atom. The fourth-order valence-corrected chi connectivity index (χ4v) is 2.51. The number of likely N-dealkylation sites (N-methyl/N-ethyl adjacent to an activating group) is 1. The lowest BCUT2D eigenvalue weighted by Crippen LogP contribution is -2.41. The number of nitrogens with two attached hydrogens (primary N) is 1. The molecule has 1 fully saturated rings. The second kappa shape index (κ2) is 5.03. The summed E-state index contributed by atoms with van der Waals surface area (Å²) in [6, 6.07) is 0. The maximum Gasteiger partial charge on any atom is 0.222 e. The van der Waals surface area contributed by atoms with Crippen LogP contribution in [0.4, 0.5) is 5.95 Å². The summed E-state index contributed by atoms with van der Waals surface area (Å²) in [4.78, 5) is 2.28. The van der Waals surface area contributed by atoms with Gasteiger partial charge < -0.3 is 15.4 Å². The number of rotatable bonds is 3. The topological polar surface area (TPSA) is 69.2 Å². The number of nitrogen functional groups attached to an aromatic ring is 1. The highest BCUT2D eigenvalue weighted by Gasteiger charge is 2.18. The molecule has 0 bridgehead atoms. The highest BCUT2D eigenvalue weighted by Crippen LogP contribution is 2.19. The second-order valence-corrected chi connectivity index (χ2v) is 4.95. The molecule has 0 radical (unpaired) electrons. The number of morpholine rings is 1. The van der Waals surface area contributed by atoms with Gasteiger partial charge in [-0.2, -0.15) is 0 Å². The number of ether oxygens (including phenoxy) is 1. The summed E-state index contributed by atoms with van der Waals surface area (Å²) in [5.74, 6) is 1.33. The van der Waals surface area contributed by atoms with E-state index in [1.807, 2.05) is 7.05 Å². The number of hydrogen-bond donors (Lipinski definition) is 1. The van der Waals surface area contributed by atoms with Crippen molar-refractivity contribution in [3.05, 3.63) is 0 Å². The molecular weight excluding hydrogens is 226 g/mol. The summed E-state index contributed by atoms with van der Waals surface area (Å²) in [6.45, 7) is 2.79. The Labute approximate surface area is 99.1 Å². The summed E-state index contributed by atoms with van der Waals surface area (Å²) >= 11 is 1.63. The second-order valence-electron chi connectivity index (χ2n) is 3.97. The maximum atomic E-state index is 5.67. The van der Waals surface area contributed by atoms with Crippen LogP contribution in [0.3, 0.4) is 0 Å². The van der Waals surface area contributed by atoms with Gasteiger partial charge in [-0.15, -0.1) is 10.2 Å². The Bertz CT molecular complexity index is 356. The number of hydrogen-bond acceptors (Lipinski definition) is 6. The molecule has 0 aliphatic carbocycles. The van der Waals surface area contributed by atoms with Crippen LogP contribution in [0, 0.1) is 0 Å². The van der Waals surface area contributed by atoms with Gasteiger partial charge in [-0.05, 0) is 7.05 Å². The molecule has 90 valence electrons. The van der Waals surface area contributed by atoms with Crippen LogP contribution in [0.25, 0.3) is 0 Å². The number of aromatic nitrogens is 3. The highest BCUT2D eigenvalue weighted by molar-refractivity contribution is 7.99. The van der Waals surface area contributed by atoms with Gasteiger partial charge in [0.05, 0.1) is 12.7 Å². The van der Waals surface area contributed by atoms with E-state index in [9.17, 15) is 0 Å². The average Bonchev–Trinajstić information content (AvgIpc) is 2.57. The molecule has 1 aromatic heterocycles. The molecule has 2 heterocycles. The van der Waals surface area contributed by atoms with Crippen LogP contribution in [-0.2, 0) is 11.8 Å². The molecule has 1 atom stereocenters. The first kappa shape index (κ1) is 11.7. The van der Waals surface area contributed by atoms with Gasteiger partial charge in [-0.25, -0.2) is 0 Å². The van der Waals surface area contributed by atoms with Crippen molar-refractivity contribution in [3.63, 3.8) is 0 Å². The predicted octanol–water partition coefficient (Wildman–Crippen LogP) is -0.180. The summed E-state index contributed by atoms with van der Waals surface area (Å²) in [5, 5.41) is 8.66. The van der Waals surface area contributed by atoms with Gasteiger partial charge >= 0.3 is 0 Å². The maximum absolute atomic E-state index is 5.67. The van der Waals surface area contributed by atoms with Gasteiger partial charge in [-0.3, -0.25) is 4.57 Å². The Morgan fingerprint density at radius 2 is 2.31 bits per heavy atom. The highest BCUT2D eigenvalue weighted by atomic mass is 32.2. The van der Waals surface area contributed by atoms with Crippen molar-refractivity contribution < 1.29 is 4.74 Å². The van der Waals surface area contributed by atoms with Gasteiger partial charge in [-0.1, -0.05) is 11.8 Å². The van der Waals surface area contributed by atoms with Crippen molar-refractivity contribution >= 4 is 17.7 Å². The monoisotopic (exact) mass is 243 g/mol. The lowest BCUT2D eigenvalue weighted by molar-refractivity contribution is -0.00601. The minimum absolute atomic E-state index is 0.265. The zero-order valence-corrected chi connectivity index (χ0v) is 10.4. The molecule has 1 saturated heterocycles. The van der Waals surface area contributed by atoms with E-state index in [1.165, 1.54) is 0 Å². The Kier molecular flexibility index (Phi) is 3.67. The Balaban J connectivity index is 1.85. The van der Waals surface area contributed by atoms with Crippen molar-refractivity contribution in [1.82, 2.24) is 19.7 Å². The molecule has 2 rings (SSSR count). The normalized spacial score (nSPS) is 22.5. The smallest absolute Gasteiger partial charge is 0.222 e. The summed E-state index contributed by atoms with van der Waals surface area (Å²) in [7, 11) is 3.98. The zero-order chi connectivity index (χ0) is 11.5. The van der Waals surface area contributed by atoms with Crippen molar-refractivity contribution in [2.75, 3.05) is 38.2 Å². The van der Waals surface area contributed by atoms with Crippen LogP contribution in [0.15, 0.2) is 5.16 Å². The molecular formula is C9H17N5OS. The number of anilines is 1. The molecule has 16 heavy (non-hydrogen) atoms. The van der Waals surface area contributed by atoms with E-state index < -0.39 is 0 Å². The van der Waals surface area contributed by atoms with Crippen molar-refractivity contribution in [2.45, 2.75) is 11.3 Å². The molecule has 6 nitrogen and oxygen atoms in total. The minimum atomic E-state index is 0.265. The van der Waals surface area contributed by atoms with E-state index in [1.54, 1.807) is 16.3 Å². The van der Waals surface area contributed by atoms with Crippen LogP contribution < -0.4 is 5.73 Å². The van der Waals surface area contributed by atoms with Crippen LogP contribution in [0.1, 0.15) is 0 Å². The van der Waals surface area contributed by atoms with E-state index in [0.29, 0.717) is 5.95 Å². The molecule has 0 aromatic carbocycles. The van der Waals surface area contributed by atoms with E-state index >= 15 is 0 Å². The van der Waals surface area contributed by atoms with E-state index in [4.69, 9.17) is 10.5 Å². The lowest BCUT2D eigenvalue weighted by Gasteiger charge is -2.29. The first-order valence-electron chi connectivity index (χ1n) is 5.24. The Morgan fingerprint density at radius 3 is 2.94 bits per heavy atom. The Hall–Kier alpha value is -0.790. The first-order chi connectivity index (χ1) is 7.66. The van der Waals surface area contributed by atoms with Crippen LogP contribution in [0.5, 0.6) is 0 Å². The predicted molar refractivity (Wildman–Crippen MR) is 63.4 cm³/mol. The molecule has 1 aliphatic rings. The molecule has 0 spiro atoms. The molecule has 1 unspecified atom stereocenters. The lowest BCUT2D eigenvalue weighted by atomic mass is 10.3. The quantitative estimate of drug-likeness (QED) is 0.743. The first-order valence-corrected chi connectivity index (χ1v) is 6.23. The van der Waals surface area contributed by atoms with Crippen LogP contribution >= 0.6 is 11.8 Å². The van der Waals surface area contributed by atoms with Crippen molar-refractivity contribution in [2.24, 2.45) is 7.05 Å². The number of thioether (sulfide) groups is 1. The zero-order valence-electron chi connectivity index (χ0n) is 9.59. The largest absolute Gasteiger partial charge is 0.375 e. The molecule has 1 aliphatic heterocycles. The van der Waals surface area contributed by atoms with Crippen LogP contribution in [-0.4, -0.2) is 58.3 Å². The van der Waals surface area contributed by atoms with Gasteiger partial charge in [0.25, 0.3) is 0 Å². The third-order valence-corrected chi connectivity index (χ3v) is 3.76. The molecule has 7 heteroatoms. The number of nitrogens with zero attached hydrogens (tertiary/aromatic N) is 4. The van der Waals surface area contributed by atoms with E-state index in [-0.39, 0.29) is 6.10 Å². The van der Waals surface area contributed by atoms with Crippen molar-refractivity contribution in [1.29, 1.82) is 0 Å². The van der Waals surface area contributed by atoms with Crippen LogP contribution in [0.2, 0.25) is 0 Å². The molecule has 2 N–H and O–H groups in total. The van der Waals surface area contributed by atoms with Gasteiger partial charge in [0, 0.05) is 25.9 Å². The minimum Gasteiger partial charge on any atom is -0.375 e. The van der Waals surface area contributed by atoms with E-state index in [2.05, 4.69) is 22.1 Å². The summed E-state index contributed by atoms with van der Waals surface area (Å²) < 4.78 is 7.45. The van der Waals surface area contributed by atoms with Gasteiger partial charge in [0.1, 0.15) is 0 Å². The molecule has 0 amide bonds. The van der Waals surface area contributed by atoms with Gasteiger partial charge in [0.15, 0.2) is 5.16 Å². The van der Waals surface area contributed by atoms with Crippen molar-refractivity contribution in [3.8, 4) is 0 Å². The summed E-state index contributed by atoms with van der Waals surface area (Å²) in [6.07, 6.45) is 0.265. The SMILES string of the molecule is CN1CCOC(CSc2nnc(N)n2C)C1. The molecule has 1 aromatic rings. The van der Waals surface area contributed by atoms with Gasteiger partial charge in [0.2, 0.25) is 5.95 Å². The standard InChI is InChI=1S/C9H17N5OS/c1-13-3-4-15-7(5-13)6-16-9-12-11-8(10)14(9)2/h7H,3-6H2,1-2H3,(H2,10,11).